The summed E-state index contributed by atoms with van der Waals surface area (Å²) in [5.41, 5.74) is 8.49. The number of hydrogen-bond donors (Lipinski definition) is 1. The Morgan fingerprint density at radius 1 is 1.19 bits per heavy atom. The standard InChI is InChI=1S/C14H21NO/c1-2-11-3-5-12(6-4-11)10-16-14-8-7-13(15)9-14/h3-6,13-14H,2,7-10,15H2,1H3. The molecule has 2 unspecified atom stereocenters. The van der Waals surface area contributed by atoms with Crippen molar-refractivity contribution in [3.8, 4) is 0 Å². The van der Waals surface area contributed by atoms with E-state index >= 15 is 0 Å². The van der Waals surface area contributed by atoms with Crippen LogP contribution in [0.4, 0.5) is 0 Å². The molecule has 2 atom stereocenters. The van der Waals surface area contributed by atoms with E-state index in [2.05, 4.69) is 31.2 Å². The summed E-state index contributed by atoms with van der Waals surface area (Å²) in [6, 6.07) is 9.03. The van der Waals surface area contributed by atoms with E-state index in [0.717, 1.165) is 32.3 Å². The molecule has 88 valence electrons. The van der Waals surface area contributed by atoms with Crippen LogP contribution in [0.25, 0.3) is 0 Å². The van der Waals surface area contributed by atoms with Gasteiger partial charge in [-0.2, -0.15) is 0 Å². The normalized spacial score (nSPS) is 24.9. The van der Waals surface area contributed by atoms with Crippen molar-refractivity contribution in [2.24, 2.45) is 5.73 Å². The zero-order chi connectivity index (χ0) is 11.4. The molecule has 0 radical (unpaired) electrons. The Kier molecular flexibility index (Phi) is 3.97. The molecule has 1 saturated carbocycles. The van der Waals surface area contributed by atoms with Gasteiger partial charge in [0.2, 0.25) is 0 Å². The summed E-state index contributed by atoms with van der Waals surface area (Å²) >= 11 is 0. The lowest BCUT2D eigenvalue weighted by molar-refractivity contribution is 0.0448. The second-order valence-electron chi connectivity index (χ2n) is 4.68. The van der Waals surface area contributed by atoms with Crippen molar-refractivity contribution in [3.05, 3.63) is 35.4 Å². The first kappa shape index (κ1) is 11.6. The van der Waals surface area contributed by atoms with Crippen LogP contribution in [0.3, 0.4) is 0 Å². The van der Waals surface area contributed by atoms with Gasteiger partial charge in [0.25, 0.3) is 0 Å². The number of aryl methyl sites for hydroxylation is 1. The van der Waals surface area contributed by atoms with Crippen molar-refractivity contribution in [1.82, 2.24) is 0 Å². The number of hydrogen-bond acceptors (Lipinski definition) is 2. The van der Waals surface area contributed by atoms with E-state index in [1.165, 1.54) is 11.1 Å². The summed E-state index contributed by atoms with van der Waals surface area (Å²) < 4.78 is 5.85. The van der Waals surface area contributed by atoms with Gasteiger partial charge in [0.1, 0.15) is 0 Å². The second kappa shape index (κ2) is 5.46. The van der Waals surface area contributed by atoms with Gasteiger partial charge in [-0.05, 0) is 36.8 Å². The van der Waals surface area contributed by atoms with Crippen molar-refractivity contribution < 1.29 is 4.74 Å². The quantitative estimate of drug-likeness (QED) is 0.845. The number of nitrogens with two attached hydrogens (primary N) is 1. The molecule has 1 aromatic carbocycles. The molecule has 0 spiro atoms. The Bertz CT molecular complexity index is 320. The van der Waals surface area contributed by atoms with Gasteiger partial charge in [-0.3, -0.25) is 0 Å². The Morgan fingerprint density at radius 3 is 2.44 bits per heavy atom. The average Bonchev–Trinajstić information content (AvgIpc) is 2.73. The van der Waals surface area contributed by atoms with Gasteiger partial charge < -0.3 is 10.5 Å². The van der Waals surface area contributed by atoms with Crippen LogP contribution in [0.5, 0.6) is 0 Å². The lowest BCUT2D eigenvalue weighted by Crippen LogP contribution is -2.17. The van der Waals surface area contributed by atoms with Crippen LogP contribution in [0, 0.1) is 0 Å². The van der Waals surface area contributed by atoms with E-state index < -0.39 is 0 Å². The minimum Gasteiger partial charge on any atom is -0.373 e. The smallest absolute Gasteiger partial charge is 0.0720 e. The van der Waals surface area contributed by atoms with Gasteiger partial charge in [0.15, 0.2) is 0 Å². The predicted molar refractivity (Wildman–Crippen MR) is 66.2 cm³/mol. The van der Waals surface area contributed by atoms with Gasteiger partial charge in [-0.15, -0.1) is 0 Å². The molecule has 16 heavy (non-hydrogen) atoms. The molecule has 1 fully saturated rings. The van der Waals surface area contributed by atoms with Gasteiger partial charge in [0.05, 0.1) is 12.7 Å². The molecular weight excluding hydrogens is 198 g/mol. The number of ether oxygens (including phenoxy) is 1. The summed E-state index contributed by atoms with van der Waals surface area (Å²) in [4.78, 5) is 0. The first-order valence-electron chi connectivity index (χ1n) is 6.23. The van der Waals surface area contributed by atoms with Crippen LogP contribution < -0.4 is 5.73 Å². The fourth-order valence-electron chi connectivity index (χ4n) is 2.21. The van der Waals surface area contributed by atoms with Crippen LogP contribution >= 0.6 is 0 Å². The largest absolute Gasteiger partial charge is 0.373 e. The van der Waals surface area contributed by atoms with Crippen LogP contribution in [0.15, 0.2) is 24.3 Å². The Hall–Kier alpha value is -0.860. The summed E-state index contributed by atoms with van der Waals surface area (Å²) in [7, 11) is 0. The molecule has 2 nitrogen and oxygen atoms in total. The summed E-state index contributed by atoms with van der Waals surface area (Å²) in [5, 5.41) is 0. The van der Waals surface area contributed by atoms with Crippen molar-refractivity contribution in [3.63, 3.8) is 0 Å². The average molecular weight is 219 g/mol. The SMILES string of the molecule is CCc1ccc(COC2CCC(N)C2)cc1. The second-order valence-corrected chi connectivity index (χ2v) is 4.68. The van der Waals surface area contributed by atoms with Crippen molar-refractivity contribution in [1.29, 1.82) is 0 Å². The van der Waals surface area contributed by atoms with Crippen LogP contribution in [0.2, 0.25) is 0 Å². The van der Waals surface area contributed by atoms with Gasteiger partial charge in [-0.1, -0.05) is 31.2 Å². The Labute approximate surface area is 97.8 Å². The predicted octanol–water partition coefficient (Wildman–Crippen LogP) is 2.65. The molecule has 1 aliphatic rings. The summed E-state index contributed by atoms with van der Waals surface area (Å²) in [6.45, 7) is 2.90. The van der Waals surface area contributed by atoms with Crippen LogP contribution in [-0.4, -0.2) is 12.1 Å². The first-order chi connectivity index (χ1) is 7.78. The molecule has 0 saturated heterocycles. The van der Waals surface area contributed by atoms with Gasteiger partial charge >= 0.3 is 0 Å². The van der Waals surface area contributed by atoms with Crippen molar-refractivity contribution >= 4 is 0 Å². The molecule has 0 amide bonds. The minimum atomic E-state index is 0.354. The van der Waals surface area contributed by atoms with Crippen LogP contribution in [-0.2, 0) is 17.8 Å². The highest BCUT2D eigenvalue weighted by Crippen LogP contribution is 2.21. The Morgan fingerprint density at radius 2 is 1.88 bits per heavy atom. The number of rotatable bonds is 4. The highest BCUT2D eigenvalue weighted by atomic mass is 16.5. The lowest BCUT2D eigenvalue weighted by Gasteiger charge is -2.11. The maximum Gasteiger partial charge on any atom is 0.0720 e. The fraction of sp³-hybridized carbons (Fsp3) is 0.571. The van der Waals surface area contributed by atoms with Gasteiger partial charge in [-0.25, -0.2) is 0 Å². The van der Waals surface area contributed by atoms with Gasteiger partial charge in [0, 0.05) is 6.04 Å². The lowest BCUT2D eigenvalue weighted by atomic mass is 10.1. The molecular formula is C14H21NO. The maximum atomic E-state index is 5.85. The monoisotopic (exact) mass is 219 g/mol. The topological polar surface area (TPSA) is 35.2 Å². The molecule has 0 bridgehead atoms. The van der Waals surface area contributed by atoms with E-state index in [-0.39, 0.29) is 0 Å². The molecule has 1 aliphatic carbocycles. The third-order valence-electron chi connectivity index (χ3n) is 3.34. The maximum absolute atomic E-state index is 5.85. The third-order valence-corrected chi connectivity index (χ3v) is 3.34. The number of benzene rings is 1. The van der Waals surface area contributed by atoms with Crippen LogP contribution in [0.1, 0.15) is 37.3 Å². The zero-order valence-corrected chi connectivity index (χ0v) is 9.99. The highest BCUT2D eigenvalue weighted by molar-refractivity contribution is 5.21. The van der Waals surface area contributed by atoms with Crippen molar-refractivity contribution in [2.45, 2.75) is 51.4 Å². The molecule has 0 heterocycles. The molecule has 2 N–H and O–H groups in total. The molecule has 2 heteroatoms. The van der Waals surface area contributed by atoms with Crippen molar-refractivity contribution in [2.75, 3.05) is 0 Å². The Balaban J connectivity index is 1.80. The molecule has 2 rings (SSSR count). The highest BCUT2D eigenvalue weighted by Gasteiger charge is 2.21. The third kappa shape index (κ3) is 3.06. The zero-order valence-electron chi connectivity index (χ0n) is 9.99. The molecule has 1 aromatic rings. The molecule has 0 aliphatic heterocycles. The van der Waals surface area contributed by atoms with E-state index in [4.69, 9.17) is 10.5 Å². The fourth-order valence-corrected chi connectivity index (χ4v) is 2.21. The minimum absolute atomic E-state index is 0.354. The summed E-state index contributed by atoms with van der Waals surface area (Å²) in [5.74, 6) is 0. The van der Waals surface area contributed by atoms with E-state index in [1.54, 1.807) is 0 Å². The van der Waals surface area contributed by atoms with E-state index in [0.29, 0.717) is 12.1 Å². The molecule has 0 aromatic heterocycles. The first-order valence-corrected chi connectivity index (χ1v) is 6.23. The van der Waals surface area contributed by atoms with E-state index in [9.17, 15) is 0 Å². The summed E-state index contributed by atoms with van der Waals surface area (Å²) in [6.07, 6.45) is 4.72. The van der Waals surface area contributed by atoms with E-state index in [1.807, 2.05) is 0 Å².